The maximum Gasteiger partial charge on any atom is 0.346 e. The Morgan fingerprint density at radius 3 is 2.31 bits per heavy atom. The molecule has 0 fully saturated rings. The summed E-state index contributed by atoms with van der Waals surface area (Å²) >= 11 is 6.93. The van der Waals surface area contributed by atoms with Gasteiger partial charge in [-0.05, 0) is 28.8 Å². The number of rotatable bonds is 6. The molecule has 4 nitrogen and oxygen atoms in total. The highest BCUT2D eigenvalue weighted by atomic mass is 35.5. The average Bonchev–Trinajstić information content (AvgIpc) is 3.06. The van der Waals surface area contributed by atoms with Gasteiger partial charge in [0, 0.05) is 10.8 Å². The number of hydrogen-bond donors (Lipinski definition) is 1. The fourth-order valence-electron chi connectivity index (χ4n) is 2.66. The zero-order valence-electron chi connectivity index (χ0n) is 13.6. The van der Waals surface area contributed by atoms with E-state index >= 15 is 0 Å². The number of halogens is 1. The molecule has 3 rings (SSSR count). The van der Waals surface area contributed by atoms with E-state index in [-0.39, 0.29) is 27.0 Å². The molecule has 0 saturated carbocycles. The van der Waals surface area contributed by atoms with E-state index in [4.69, 9.17) is 11.6 Å². The number of carboxylic acid groups (broad SMARTS) is 1. The molecule has 26 heavy (non-hydrogen) atoms. The third-order valence-electron chi connectivity index (χ3n) is 3.86. The standard InChI is InChI=1S/C19H15ClO4S2/c20-11-14-8-4-5-9-17(14)26(23,24)12-15-10-16(25-18(15)19(21)22)13-6-2-1-3-7-13/h1-10H,11-12H2,(H,21,22). The van der Waals surface area contributed by atoms with Crippen LogP contribution in [0.5, 0.6) is 0 Å². The van der Waals surface area contributed by atoms with Gasteiger partial charge in [0.1, 0.15) is 4.88 Å². The summed E-state index contributed by atoms with van der Waals surface area (Å²) in [4.78, 5) is 12.5. The summed E-state index contributed by atoms with van der Waals surface area (Å²) in [5.74, 6) is -1.45. The number of thiophene rings is 1. The highest BCUT2D eigenvalue weighted by Gasteiger charge is 2.24. The minimum absolute atomic E-state index is 0.0378. The van der Waals surface area contributed by atoms with E-state index in [2.05, 4.69) is 0 Å². The molecule has 2 aromatic carbocycles. The Balaban J connectivity index is 2.04. The minimum atomic E-state index is -3.72. The number of benzene rings is 2. The van der Waals surface area contributed by atoms with E-state index in [0.717, 1.165) is 21.8 Å². The molecule has 0 bridgehead atoms. The highest BCUT2D eigenvalue weighted by Crippen LogP contribution is 2.34. The third kappa shape index (κ3) is 3.82. The van der Waals surface area contributed by atoms with Crippen molar-refractivity contribution in [2.75, 3.05) is 0 Å². The number of aromatic carboxylic acids is 1. The first kappa shape index (κ1) is 18.6. The van der Waals surface area contributed by atoms with Crippen molar-refractivity contribution in [2.45, 2.75) is 16.5 Å². The van der Waals surface area contributed by atoms with Crippen molar-refractivity contribution in [3.05, 3.63) is 76.7 Å². The summed E-state index contributed by atoms with van der Waals surface area (Å²) in [5, 5.41) is 9.49. The number of carbonyl (C=O) groups is 1. The van der Waals surface area contributed by atoms with Crippen LogP contribution < -0.4 is 0 Å². The van der Waals surface area contributed by atoms with E-state index in [1.807, 2.05) is 30.3 Å². The van der Waals surface area contributed by atoms with Crippen molar-refractivity contribution in [3.63, 3.8) is 0 Å². The van der Waals surface area contributed by atoms with Gasteiger partial charge in [-0.1, -0.05) is 48.5 Å². The summed E-state index contributed by atoms with van der Waals surface area (Å²) in [6, 6.07) is 17.4. The predicted molar refractivity (Wildman–Crippen MR) is 104 cm³/mol. The van der Waals surface area contributed by atoms with Crippen molar-refractivity contribution < 1.29 is 18.3 Å². The van der Waals surface area contributed by atoms with Crippen LogP contribution in [0.15, 0.2) is 65.6 Å². The second-order valence-electron chi connectivity index (χ2n) is 5.64. The van der Waals surface area contributed by atoms with Gasteiger partial charge in [0.25, 0.3) is 0 Å². The molecule has 0 amide bonds. The lowest BCUT2D eigenvalue weighted by atomic mass is 10.1. The molecule has 0 aliphatic carbocycles. The monoisotopic (exact) mass is 406 g/mol. The molecular weight excluding hydrogens is 392 g/mol. The Hall–Kier alpha value is -2.15. The Labute approximate surface area is 160 Å². The molecule has 7 heteroatoms. The Bertz CT molecular complexity index is 1040. The molecule has 1 heterocycles. The van der Waals surface area contributed by atoms with Gasteiger partial charge in [-0.15, -0.1) is 22.9 Å². The lowest BCUT2D eigenvalue weighted by molar-refractivity contribution is 0.0701. The zero-order valence-corrected chi connectivity index (χ0v) is 15.9. The summed E-state index contributed by atoms with van der Waals surface area (Å²) < 4.78 is 25.7. The lowest BCUT2D eigenvalue weighted by Gasteiger charge is -2.08. The second kappa shape index (κ2) is 7.61. The minimum Gasteiger partial charge on any atom is -0.477 e. The van der Waals surface area contributed by atoms with Crippen LogP contribution in [-0.4, -0.2) is 19.5 Å². The Morgan fingerprint density at radius 2 is 1.65 bits per heavy atom. The molecule has 1 aromatic heterocycles. The van der Waals surface area contributed by atoms with Crippen molar-refractivity contribution in [1.82, 2.24) is 0 Å². The van der Waals surface area contributed by atoms with Gasteiger partial charge in [0.05, 0.1) is 10.6 Å². The quantitative estimate of drug-likeness (QED) is 0.595. The van der Waals surface area contributed by atoms with Crippen LogP contribution in [0.1, 0.15) is 20.8 Å². The topological polar surface area (TPSA) is 71.4 Å². The average molecular weight is 407 g/mol. The second-order valence-corrected chi connectivity index (χ2v) is 8.91. The fourth-order valence-corrected chi connectivity index (χ4v) is 5.71. The van der Waals surface area contributed by atoms with Crippen LogP contribution in [0.2, 0.25) is 0 Å². The van der Waals surface area contributed by atoms with Crippen molar-refractivity contribution >= 4 is 38.7 Å². The van der Waals surface area contributed by atoms with Crippen LogP contribution in [0, 0.1) is 0 Å². The molecule has 0 saturated heterocycles. The van der Waals surface area contributed by atoms with Crippen LogP contribution in [0.25, 0.3) is 10.4 Å². The largest absolute Gasteiger partial charge is 0.477 e. The number of carboxylic acids is 1. The van der Waals surface area contributed by atoms with Gasteiger partial charge in [-0.3, -0.25) is 0 Å². The van der Waals surface area contributed by atoms with Crippen molar-refractivity contribution in [2.24, 2.45) is 0 Å². The molecule has 0 unspecified atom stereocenters. The first-order valence-electron chi connectivity index (χ1n) is 7.70. The van der Waals surface area contributed by atoms with Crippen LogP contribution in [0.4, 0.5) is 0 Å². The summed E-state index contributed by atoms with van der Waals surface area (Å²) in [5.41, 5.74) is 1.64. The molecule has 0 radical (unpaired) electrons. The first-order chi connectivity index (χ1) is 12.4. The normalized spacial score (nSPS) is 11.4. The van der Waals surface area contributed by atoms with Gasteiger partial charge in [0.15, 0.2) is 9.84 Å². The van der Waals surface area contributed by atoms with Crippen molar-refractivity contribution in [3.8, 4) is 10.4 Å². The van der Waals surface area contributed by atoms with Gasteiger partial charge < -0.3 is 5.11 Å². The summed E-state index contributed by atoms with van der Waals surface area (Å²) in [7, 11) is -3.72. The molecule has 134 valence electrons. The molecule has 0 atom stereocenters. The first-order valence-corrected chi connectivity index (χ1v) is 10.7. The van der Waals surface area contributed by atoms with Crippen molar-refractivity contribution in [1.29, 1.82) is 0 Å². The molecule has 0 spiro atoms. The molecule has 3 aromatic rings. The van der Waals surface area contributed by atoms with Crippen LogP contribution in [-0.2, 0) is 21.5 Å². The van der Waals surface area contributed by atoms with E-state index in [9.17, 15) is 18.3 Å². The fraction of sp³-hybridized carbons (Fsp3) is 0.105. The number of alkyl halides is 1. The summed E-state index contributed by atoms with van der Waals surface area (Å²) in [6.45, 7) is 0. The van der Waals surface area contributed by atoms with Crippen LogP contribution in [0.3, 0.4) is 0 Å². The number of hydrogen-bond acceptors (Lipinski definition) is 4. The zero-order chi connectivity index (χ0) is 18.7. The summed E-state index contributed by atoms with van der Waals surface area (Å²) in [6.07, 6.45) is 0. The van der Waals surface area contributed by atoms with E-state index in [1.165, 1.54) is 6.07 Å². The van der Waals surface area contributed by atoms with Gasteiger partial charge in [0.2, 0.25) is 0 Å². The van der Waals surface area contributed by atoms with E-state index in [1.54, 1.807) is 24.3 Å². The van der Waals surface area contributed by atoms with E-state index < -0.39 is 15.8 Å². The maximum absolute atomic E-state index is 12.9. The molecule has 1 N–H and O–H groups in total. The Morgan fingerprint density at radius 1 is 1.00 bits per heavy atom. The highest BCUT2D eigenvalue weighted by molar-refractivity contribution is 7.90. The Kier molecular flexibility index (Phi) is 5.46. The van der Waals surface area contributed by atoms with Gasteiger partial charge in [-0.25, -0.2) is 13.2 Å². The van der Waals surface area contributed by atoms with E-state index in [0.29, 0.717) is 5.56 Å². The molecule has 0 aliphatic rings. The van der Waals surface area contributed by atoms with Crippen LogP contribution >= 0.6 is 22.9 Å². The third-order valence-corrected chi connectivity index (χ3v) is 7.12. The SMILES string of the molecule is O=C(O)c1sc(-c2ccccc2)cc1CS(=O)(=O)c1ccccc1CCl. The van der Waals surface area contributed by atoms with Gasteiger partial charge in [-0.2, -0.15) is 0 Å². The number of sulfone groups is 1. The molecule has 0 aliphatic heterocycles. The lowest BCUT2D eigenvalue weighted by Crippen LogP contribution is -2.09. The predicted octanol–water partition coefficient (Wildman–Crippen LogP) is 4.83. The smallest absolute Gasteiger partial charge is 0.346 e. The maximum atomic E-state index is 12.9. The molecular formula is C19H15ClO4S2. The van der Waals surface area contributed by atoms with Gasteiger partial charge >= 0.3 is 5.97 Å².